The van der Waals surface area contributed by atoms with Crippen molar-refractivity contribution >= 4 is 29.3 Å². The van der Waals surface area contributed by atoms with Crippen LogP contribution in [0.15, 0.2) is 84.9 Å². The van der Waals surface area contributed by atoms with Gasteiger partial charge in [0.05, 0.1) is 5.56 Å². The molecular weight excluding hydrogens is 446 g/mol. The third-order valence-electron chi connectivity index (χ3n) is 6.48. The van der Waals surface area contributed by atoms with Crippen molar-refractivity contribution in [3.63, 3.8) is 0 Å². The summed E-state index contributed by atoms with van der Waals surface area (Å²) in [4.78, 5) is 27.9. The maximum atomic E-state index is 13.1. The number of piperidine rings is 1. The number of rotatable bonds is 8. The number of hydrogen-bond donors (Lipinski definition) is 2. The molecule has 0 atom stereocenters. The molecule has 0 radical (unpaired) electrons. The lowest BCUT2D eigenvalue weighted by Crippen LogP contribution is -2.37. The van der Waals surface area contributed by atoms with Gasteiger partial charge in [-0.15, -0.1) is 0 Å². The molecule has 2 N–H and O–H groups in total. The van der Waals surface area contributed by atoms with E-state index in [1.165, 1.54) is 11.6 Å². The Kier molecular flexibility index (Phi) is 8.56. The van der Waals surface area contributed by atoms with Crippen LogP contribution in [0, 0.1) is 5.92 Å². The molecule has 4 rings (SSSR count). The van der Waals surface area contributed by atoms with Crippen LogP contribution in [0.2, 0.25) is 0 Å². The monoisotopic (exact) mass is 481 g/mol. The predicted octanol–water partition coefficient (Wildman–Crippen LogP) is 5.94. The molecule has 36 heavy (non-hydrogen) atoms. The number of amides is 2. The van der Waals surface area contributed by atoms with Crippen molar-refractivity contribution in [1.29, 1.82) is 0 Å². The molecule has 0 unspecified atom stereocenters. The Morgan fingerprint density at radius 2 is 1.61 bits per heavy atom. The summed E-state index contributed by atoms with van der Waals surface area (Å²) in [5, 5.41) is 5.92. The Morgan fingerprint density at radius 1 is 0.944 bits per heavy atom. The zero-order valence-electron chi connectivity index (χ0n) is 21.1. The van der Waals surface area contributed by atoms with Crippen LogP contribution in [0.3, 0.4) is 0 Å². The van der Waals surface area contributed by atoms with Crippen molar-refractivity contribution in [2.24, 2.45) is 5.92 Å². The molecule has 1 fully saturated rings. The van der Waals surface area contributed by atoms with Crippen LogP contribution in [-0.4, -0.2) is 30.9 Å². The Bertz CT molecular complexity index is 1180. The van der Waals surface area contributed by atoms with Gasteiger partial charge in [0.1, 0.15) is 0 Å². The van der Waals surface area contributed by atoms with Gasteiger partial charge < -0.3 is 15.5 Å². The first-order valence-electron chi connectivity index (χ1n) is 12.8. The van der Waals surface area contributed by atoms with E-state index in [-0.39, 0.29) is 17.9 Å². The second kappa shape index (κ2) is 12.2. The maximum absolute atomic E-state index is 13.1. The lowest BCUT2D eigenvalue weighted by atomic mass is 9.89. The van der Waals surface area contributed by atoms with Crippen molar-refractivity contribution in [1.82, 2.24) is 5.32 Å². The highest BCUT2D eigenvalue weighted by Gasteiger charge is 2.24. The number of nitrogens with one attached hydrogen (secondary N) is 2. The maximum Gasteiger partial charge on any atom is 0.253 e. The molecule has 5 heteroatoms. The molecule has 1 aliphatic heterocycles. The van der Waals surface area contributed by atoms with Crippen LogP contribution in [-0.2, 0) is 11.2 Å². The first kappa shape index (κ1) is 25.2. The molecule has 2 amide bonds. The quantitative estimate of drug-likeness (QED) is 0.392. The van der Waals surface area contributed by atoms with Gasteiger partial charge in [-0.3, -0.25) is 9.59 Å². The van der Waals surface area contributed by atoms with Crippen molar-refractivity contribution in [3.8, 4) is 0 Å². The summed E-state index contributed by atoms with van der Waals surface area (Å²) in [5.74, 6) is 0.289. The van der Waals surface area contributed by atoms with E-state index < -0.39 is 0 Å². The summed E-state index contributed by atoms with van der Waals surface area (Å²) < 4.78 is 0. The second-order valence-electron chi connectivity index (χ2n) is 9.71. The smallest absolute Gasteiger partial charge is 0.253 e. The summed E-state index contributed by atoms with van der Waals surface area (Å²) in [7, 11) is 0. The normalized spacial score (nSPS) is 14.2. The van der Waals surface area contributed by atoms with E-state index in [9.17, 15) is 9.59 Å². The molecular formula is C31H35N3O2. The zero-order chi connectivity index (χ0) is 25.3. The Labute approximate surface area is 214 Å². The SMILES string of the molecule is CC(C)NC(=O)c1cc(NC(=O)C=Cc2ccccc2)ccc1N1CCC(Cc2ccccc2)CC1. The highest BCUT2D eigenvalue weighted by atomic mass is 16.2. The molecule has 1 saturated heterocycles. The molecule has 5 nitrogen and oxygen atoms in total. The number of benzene rings is 3. The summed E-state index contributed by atoms with van der Waals surface area (Å²) >= 11 is 0. The highest BCUT2D eigenvalue weighted by molar-refractivity contribution is 6.05. The standard InChI is InChI=1S/C31H35N3O2/c1-23(2)32-31(36)28-22-27(33-30(35)16-13-24-9-5-3-6-10-24)14-15-29(28)34-19-17-26(18-20-34)21-25-11-7-4-8-12-25/h3-16,22-23,26H,17-21H2,1-2H3,(H,32,36)(H,33,35). The first-order valence-corrected chi connectivity index (χ1v) is 12.8. The zero-order valence-corrected chi connectivity index (χ0v) is 21.1. The minimum atomic E-state index is -0.233. The fraction of sp³-hybridized carbons (Fsp3) is 0.290. The number of carbonyl (C=O) groups is 2. The largest absolute Gasteiger partial charge is 0.371 e. The van der Waals surface area contributed by atoms with Gasteiger partial charge in [0.2, 0.25) is 5.91 Å². The minimum Gasteiger partial charge on any atom is -0.371 e. The Morgan fingerprint density at radius 3 is 2.28 bits per heavy atom. The van der Waals surface area contributed by atoms with Crippen LogP contribution < -0.4 is 15.5 Å². The van der Waals surface area contributed by atoms with E-state index in [1.807, 2.05) is 56.3 Å². The van der Waals surface area contributed by atoms with Crippen molar-refractivity contribution in [2.75, 3.05) is 23.3 Å². The van der Waals surface area contributed by atoms with Gasteiger partial charge in [0, 0.05) is 36.6 Å². The van der Waals surface area contributed by atoms with Crippen LogP contribution in [0.1, 0.15) is 48.2 Å². The van der Waals surface area contributed by atoms with Gasteiger partial charge in [-0.05, 0) is 74.4 Å². The molecule has 0 aliphatic carbocycles. The summed E-state index contributed by atoms with van der Waals surface area (Å²) in [6, 6.07) is 26.0. The topological polar surface area (TPSA) is 61.4 Å². The third kappa shape index (κ3) is 7.08. The van der Waals surface area contributed by atoms with Gasteiger partial charge in [-0.1, -0.05) is 60.7 Å². The van der Waals surface area contributed by atoms with E-state index in [0.29, 0.717) is 17.2 Å². The van der Waals surface area contributed by atoms with E-state index >= 15 is 0 Å². The summed E-state index contributed by atoms with van der Waals surface area (Å²) in [6.45, 7) is 5.72. The number of anilines is 2. The van der Waals surface area contributed by atoms with Crippen LogP contribution >= 0.6 is 0 Å². The molecule has 3 aromatic carbocycles. The molecule has 1 aliphatic rings. The summed E-state index contributed by atoms with van der Waals surface area (Å²) in [5.41, 5.74) is 4.46. The molecule has 0 bridgehead atoms. The van der Waals surface area contributed by atoms with E-state index in [1.54, 1.807) is 12.1 Å². The van der Waals surface area contributed by atoms with E-state index in [4.69, 9.17) is 0 Å². The van der Waals surface area contributed by atoms with Crippen LogP contribution in [0.5, 0.6) is 0 Å². The Balaban J connectivity index is 1.46. The average Bonchev–Trinajstić information content (AvgIpc) is 2.89. The van der Waals surface area contributed by atoms with E-state index in [2.05, 4.69) is 45.9 Å². The lowest BCUT2D eigenvalue weighted by molar-refractivity contribution is -0.111. The molecule has 0 saturated carbocycles. The van der Waals surface area contributed by atoms with Crippen molar-refractivity contribution < 1.29 is 9.59 Å². The molecule has 186 valence electrons. The van der Waals surface area contributed by atoms with Crippen molar-refractivity contribution in [3.05, 3.63) is 102 Å². The average molecular weight is 482 g/mol. The lowest BCUT2D eigenvalue weighted by Gasteiger charge is -2.35. The van der Waals surface area contributed by atoms with Gasteiger partial charge in [-0.2, -0.15) is 0 Å². The minimum absolute atomic E-state index is 0.0222. The highest BCUT2D eigenvalue weighted by Crippen LogP contribution is 2.30. The van der Waals surface area contributed by atoms with Gasteiger partial charge >= 0.3 is 0 Å². The predicted molar refractivity (Wildman–Crippen MR) is 148 cm³/mol. The van der Waals surface area contributed by atoms with Crippen LogP contribution in [0.4, 0.5) is 11.4 Å². The Hall–Kier alpha value is -3.86. The van der Waals surface area contributed by atoms with Crippen molar-refractivity contribution in [2.45, 2.75) is 39.2 Å². The van der Waals surface area contributed by atoms with E-state index in [0.717, 1.165) is 43.6 Å². The molecule has 3 aromatic rings. The van der Waals surface area contributed by atoms with Gasteiger partial charge in [-0.25, -0.2) is 0 Å². The van der Waals surface area contributed by atoms with Gasteiger partial charge in [0.15, 0.2) is 0 Å². The molecule has 0 aromatic heterocycles. The van der Waals surface area contributed by atoms with Gasteiger partial charge in [0.25, 0.3) is 5.91 Å². The number of hydrogen-bond acceptors (Lipinski definition) is 3. The second-order valence-corrected chi connectivity index (χ2v) is 9.71. The number of nitrogens with zero attached hydrogens (tertiary/aromatic N) is 1. The number of carbonyl (C=O) groups excluding carboxylic acids is 2. The first-order chi connectivity index (χ1) is 17.5. The van der Waals surface area contributed by atoms with Crippen LogP contribution in [0.25, 0.3) is 6.08 Å². The summed E-state index contributed by atoms with van der Waals surface area (Å²) in [6.07, 6.45) is 6.55. The third-order valence-corrected chi connectivity index (χ3v) is 6.48. The fourth-order valence-corrected chi connectivity index (χ4v) is 4.66. The molecule has 0 spiro atoms. The molecule has 1 heterocycles. The fourth-order valence-electron chi connectivity index (χ4n) is 4.66.